The maximum Gasteiger partial charge on any atom is 0.0242 e. The van der Waals surface area contributed by atoms with Crippen LogP contribution in [0.25, 0.3) is 0 Å². The molecule has 0 aromatic heterocycles. The minimum atomic E-state index is 0.105. The Morgan fingerprint density at radius 3 is 1.70 bits per heavy atom. The monoisotopic (exact) mass is 178 g/mol. The van der Waals surface area contributed by atoms with Gasteiger partial charge in [-0.05, 0) is 33.4 Å². The standard InChI is InChI=1S/C8H18S2/c1-6-10-8(4,5)7(2,3)9/h9H,6H2,1-5H3. The Labute approximate surface area is 74.6 Å². The second-order valence-electron chi connectivity index (χ2n) is 3.50. The molecule has 0 heterocycles. The van der Waals surface area contributed by atoms with Gasteiger partial charge in [0.2, 0.25) is 0 Å². The molecule has 0 aromatic carbocycles. The van der Waals surface area contributed by atoms with Crippen molar-refractivity contribution in [1.82, 2.24) is 0 Å². The van der Waals surface area contributed by atoms with Crippen LogP contribution in [0.4, 0.5) is 0 Å². The molecule has 0 unspecified atom stereocenters. The van der Waals surface area contributed by atoms with Gasteiger partial charge >= 0.3 is 0 Å². The number of hydrogen-bond acceptors (Lipinski definition) is 2. The van der Waals surface area contributed by atoms with Crippen LogP contribution in [0.15, 0.2) is 0 Å². The first-order chi connectivity index (χ1) is 4.31. The van der Waals surface area contributed by atoms with Gasteiger partial charge in [0.15, 0.2) is 0 Å². The molecule has 0 N–H and O–H groups in total. The largest absolute Gasteiger partial charge is 0.172 e. The minimum absolute atomic E-state index is 0.105. The molecule has 10 heavy (non-hydrogen) atoms. The Bertz CT molecular complexity index is 100. The lowest BCUT2D eigenvalue weighted by Gasteiger charge is -2.36. The summed E-state index contributed by atoms with van der Waals surface area (Å²) in [7, 11) is 0. The molecule has 0 amide bonds. The summed E-state index contributed by atoms with van der Waals surface area (Å²) in [5.74, 6) is 1.16. The molecule has 2 heteroatoms. The molecule has 0 fully saturated rings. The lowest BCUT2D eigenvalue weighted by Crippen LogP contribution is -2.37. The fourth-order valence-electron chi connectivity index (χ4n) is 0.537. The molecule has 0 saturated carbocycles. The number of thiol groups is 1. The highest BCUT2D eigenvalue weighted by Gasteiger charge is 2.33. The van der Waals surface area contributed by atoms with Crippen LogP contribution in [-0.4, -0.2) is 15.2 Å². The van der Waals surface area contributed by atoms with Crippen molar-refractivity contribution in [2.24, 2.45) is 0 Å². The molecule has 0 bridgehead atoms. The predicted molar refractivity (Wildman–Crippen MR) is 55.3 cm³/mol. The Kier molecular flexibility index (Phi) is 3.64. The summed E-state index contributed by atoms with van der Waals surface area (Å²) in [5.41, 5.74) is 0. The first-order valence-electron chi connectivity index (χ1n) is 3.67. The van der Waals surface area contributed by atoms with Crippen molar-refractivity contribution in [2.75, 3.05) is 5.75 Å². The highest BCUT2D eigenvalue weighted by atomic mass is 32.2. The minimum Gasteiger partial charge on any atom is -0.172 e. The average Bonchev–Trinajstić information content (AvgIpc) is 1.61. The normalized spacial score (nSPS) is 13.8. The van der Waals surface area contributed by atoms with E-state index < -0.39 is 0 Å². The summed E-state index contributed by atoms with van der Waals surface area (Å²) in [6.07, 6.45) is 0. The maximum atomic E-state index is 4.55. The maximum absolute atomic E-state index is 4.55. The van der Waals surface area contributed by atoms with Gasteiger partial charge in [0, 0.05) is 9.49 Å². The van der Waals surface area contributed by atoms with Crippen molar-refractivity contribution in [2.45, 2.75) is 44.1 Å². The van der Waals surface area contributed by atoms with Gasteiger partial charge in [-0.3, -0.25) is 0 Å². The van der Waals surface area contributed by atoms with Gasteiger partial charge in [-0.25, -0.2) is 0 Å². The highest BCUT2D eigenvalue weighted by molar-refractivity contribution is 8.01. The van der Waals surface area contributed by atoms with Crippen molar-refractivity contribution < 1.29 is 0 Å². The molecule has 0 aliphatic carbocycles. The second kappa shape index (κ2) is 3.40. The molecular formula is C8H18S2. The van der Waals surface area contributed by atoms with E-state index in [0.29, 0.717) is 0 Å². The van der Waals surface area contributed by atoms with E-state index in [1.807, 2.05) is 11.8 Å². The molecule has 0 rings (SSSR count). The third-order valence-corrected chi connectivity index (χ3v) is 4.21. The van der Waals surface area contributed by atoms with Crippen LogP contribution in [0.1, 0.15) is 34.6 Å². The zero-order valence-electron chi connectivity index (χ0n) is 7.56. The molecule has 62 valence electrons. The van der Waals surface area contributed by atoms with Gasteiger partial charge < -0.3 is 0 Å². The van der Waals surface area contributed by atoms with Crippen LogP contribution >= 0.6 is 24.4 Å². The van der Waals surface area contributed by atoms with E-state index >= 15 is 0 Å². The van der Waals surface area contributed by atoms with E-state index in [1.54, 1.807) is 0 Å². The van der Waals surface area contributed by atoms with Crippen LogP contribution in [0.3, 0.4) is 0 Å². The molecular weight excluding hydrogens is 160 g/mol. The van der Waals surface area contributed by atoms with Crippen LogP contribution in [0.2, 0.25) is 0 Å². The molecule has 0 atom stereocenters. The third-order valence-electron chi connectivity index (χ3n) is 1.98. The quantitative estimate of drug-likeness (QED) is 0.647. The van der Waals surface area contributed by atoms with Gasteiger partial charge in [-0.1, -0.05) is 6.92 Å². The van der Waals surface area contributed by atoms with E-state index in [1.165, 1.54) is 0 Å². The zero-order valence-corrected chi connectivity index (χ0v) is 9.27. The van der Waals surface area contributed by atoms with Gasteiger partial charge in [-0.2, -0.15) is 24.4 Å². The molecule has 0 spiro atoms. The molecule has 0 nitrogen and oxygen atoms in total. The smallest absolute Gasteiger partial charge is 0.0242 e. The van der Waals surface area contributed by atoms with Crippen molar-refractivity contribution in [3.05, 3.63) is 0 Å². The Morgan fingerprint density at radius 1 is 1.20 bits per heavy atom. The zero-order chi connectivity index (χ0) is 8.41. The Balaban J connectivity index is 4.10. The summed E-state index contributed by atoms with van der Waals surface area (Å²) in [6.45, 7) is 11.0. The number of rotatable bonds is 3. The first-order valence-corrected chi connectivity index (χ1v) is 5.11. The summed E-state index contributed by atoms with van der Waals surface area (Å²) in [6, 6.07) is 0. The van der Waals surface area contributed by atoms with E-state index in [4.69, 9.17) is 0 Å². The topological polar surface area (TPSA) is 0 Å². The predicted octanol–water partition coefficient (Wildman–Crippen LogP) is 3.23. The van der Waals surface area contributed by atoms with Crippen LogP contribution in [-0.2, 0) is 0 Å². The molecule has 0 aliphatic rings. The van der Waals surface area contributed by atoms with Crippen LogP contribution < -0.4 is 0 Å². The Morgan fingerprint density at radius 2 is 1.60 bits per heavy atom. The molecule has 0 aliphatic heterocycles. The first kappa shape index (κ1) is 10.7. The van der Waals surface area contributed by atoms with Crippen molar-refractivity contribution in [3.8, 4) is 0 Å². The second-order valence-corrected chi connectivity index (χ2v) is 6.51. The van der Waals surface area contributed by atoms with E-state index in [9.17, 15) is 0 Å². The van der Waals surface area contributed by atoms with Gasteiger partial charge in [0.05, 0.1) is 0 Å². The summed E-state index contributed by atoms with van der Waals surface area (Å²) in [4.78, 5) is 0. The molecule has 0 radical (unpaired) electrons. The lowest BCUT2D eigenvalue weighted by molar-refractivity contribution is 0.557. The van der Waals surface area contributed by atoms with E-state index in [2.05, 4.69) is 47.2 Å². The molecule has 0 saturated heterocycles. The fourth-order valence-corrected chi connectivity index (χ4v) is 1.81. The summed E-state index contributed by atoms with van der Waals surface area (Å²) in [5, 5.41) is 0. The van der Waals surface area contributed by atoms with Crippen molar-refractivity contribution in [1.29, 1.82) is 0 Å². The van der Waals surface area contributed by atoms with Crippen LogP contribution in [0.5, 0.6) is 0 Å². The lowest BCUT2D eigenvalue weighted by atomic mass is 9.98. The van der Waals surface area contributed by atoms with Gasteiger partial charge in [0.1, 0.15) is 0 Å². The van der Waals surface area contributed by atoms with Crippen molar-refractivity contribution in [3.63, 3.8) is 0 Å². The van der Waals surface area contributed by atoms with Crippen molar-refractivity contribution >= 4 is 24.4 Å². The van der Waals surface area contributed by atoms with Gasteiger partial charge in [0.25, 0.3) is 0 Å². The third kappa shape index (κ3) is 2.75. The number of hydrogen-bond donors (Lipinski definition) is 1. The fraction of sp³-hybridized carbons (Fsp3) is 1.00. The summed E-state index contributed by atoms with van der Waals surface area (Å²) < 4.78 is 0.374. The molecule has 0 aromatic rings. The average molecular weight is 178 g/mol. The van der Waals surface area contributed by atoms with Crippen LogP contribution in [0, 0.1) is 0 Å². The van der Waals surface area contributed by atoms with E-state index in [-0.39, 0.29) is 9.49 Å². The SMILES string of the molecule is CCSC(C)(C)C(C)(C)S. The highest BCUT2D eigenvalue weighted by Crippen LogP contribution is 2.38. The summed E-state index contributed by atoms with van der Waals surface area (Å²) >= 11 is 6.51. The number of thioether (sulfide) groups is 1. The van der Waals surface area contributed by atoms with Gasteiger partial charge in [-0.15, -0.1) is 0 Å². The van der Waals surface area contributed by atoms with E-state index in [0.717, 1.165) is 5.75 Å². The Hall–Kier alpha value is 0.700.